The van der Waals surface area contributed by atoms with Crippen LogP contribution in [-0.2, 0) is 11.0 Å². The van der Waals surface area contributed by atoms with Crippen LogP contribution in [0.1, 0.15) is 18.9 Å². The Labute approximate surface area is 124 Å². The summed E-state index contributed by atoms with van der Waals surface area (Å²) in [4.78, 5) is 24.5. The van der Waals surface area contributed by atoms with Crippen molar-refractivity contribution >= 4 is 17.7 Å². The minimum Gasteiger partial charge on any atom is -0.481 e. The molecule has 1 saturated heterocycles. The number of urea groups is 1. The fourth-order valence-corrected chi connectivity index (χ4v) is 2.25. The van der Waals surface area contributed by atoms with Gasteiger partial charge in [0.05, 0.1) is 11.0 Å². The molecule has 1 fully saturated rings. The molecule has 0 spiro atoms. The van der Waals surface area contributed by atoms with E-state index in [2.05, 4.69) is 5.32 Å². The molecule has 8 heteroatoms. The molecule has 1 aromatic rings. The summed E-state index contributed by atoms with van der Waals surface area (Å²) in [6.45, 7) is 1.91. The van der Waals surface area contributed by atoms with Gasteiger partial charge in [-0.3, -0.25) is 4.79 Å². The van der Waals surface area contributed by atoms with Crippen LogP contribution in [0.15, 0.2) is 24.3 Å². The van der Waals surface area contributed by atoms with Gasteiger partial charge in [-0.2, -0.15) is 13.2 Å². The van der Waals surface area contributed by atoms with E-state index < -0.39 is 29.2 Å². The van der Waals surface area contributed by atoms with Crippen molar-refractivity contribution in [1.29, 1.82) is 0 Å². The Balaban J connectivity index is 2.00. The molecule has 120 valence electrons. The molecule has 1 heterocycles. The predicted octanol–water partition coefficient (Wildman–Crippen LogP) is 3.03. The van der Waals surface area contributed by atoms with Crippen LogP contribution in [-0.4, -0.2) is 35.1 Å². The highest BCUT2D eigenvalue weighted by atomic mass is 19.4. The molecule has 0 radical (unpaired) electrons. The van der Waals surface area contributed by atoms with Crippen molar-refractivity contribution < 1.29 is 27.9 Å². The lowest BCUT2D eigenvalue weighted by molar-refractivity contribution is -0.147. The molecule has 1 aliphatic heterocycles. The number of carboxylic acid groups (broad SMARTS) is 1. The first-order valence-electron chi connectivity index (χ1n) is 6.58. The van der Waals surface area contributed by atoms with Gasteiger partial charge in [0.15, 0.2) is 0 Å². The van der Waals surface area contributed by atoms with Gasteiger partial charge in [0.1, 0.15) is 0 Å². The number of nitrogens with one attached hydrogen (secondary N) is 1. The SMILES string of the molecule is CC1(C(=O)O)CCN(C(=O)Nc2ccc(C(F)(F)F)cc2)C1. The average molecular weight is 316 g/mol. The number of amides is 2. The molecule has 5 nitrogen and oxygen atoms in total. The average Bonchev–Trinajstić information content (AvgIpc) is 2.82. The molecule has 0 aliphatic carbocycles. The summed E-state index contributed by atoms with van der Waals surface area (Å²) in [5, 5.41) is 11.6. The molecule has 0 bridgehead atoms. The lowest BCUT2D eigenvalue weighted by Gasteiger charge is -2.20. The highest BCUT2D eigenvalue weighted by Gasteiger charge is 2.42. The van der Waals surface area contributed by atoms with Crippen molar-refractivity contribution in [2.45, 2.75) is 19.5 Å². The van der Waals surface area contributed by atoms with Crippen molar-refractivity contribution in [3.63, 3.8) is 0 Å². The van der Waals surface area contributed by atoms with Gasteiger partial charge in [-0.25, -0.2) is 4.79 Å². The van der Waals surface area contributed by atoms with Gasteiger partial charge in [0.25, 0.3) is 0 Å². The quantitative estimate of drug-likeness (QED) is 0.881. The van der Waals surface area contributed by atoms with Gasteiger partial charge < -0.3 is 15.3 Å². The monoisotopic (exact) mass is 316 g/mol. The van der Waals surface area contributed by atoms with Crippen molar-refractivity contribution in [2.24, 2.45) is 5.41 Å². The first kappa shape index (κ1) is 16.1. The molecule has 2 amide bonds. The maximum absolute atomic E-state index is 12.4. The van der Waals surface area contributed by atoms with E-state index in [-0.39, 0.29) is 18.8 Å². The van der Waals surface area contributed by atoms with Gasteiger partial charge >= 0.3 is 18.2 Å². The molecule has 1 aromatic carbocycles. The zero-order valence-electron chi connectivity index (χ0n) is 11.8. The van der Waals surface area contributed by atoms with E-state index in [4.69, 9.17) is 5.11 Å². The van der Waals surface area contributed by atoms with Crippen LogP contribution in [0.3, 0.4) is 0 Å². The number of aliphatic carboxylic acids is 1. The van der Waals surface area contributed by atoms with Crippen LogP contribution in [0.5, 0.6) is 0 Å². The van der Waals surface area contributed by atoms with E-state index in [1.807, 2.05) is 0 Å². The topological polar surface area (TPSA) is 69.6 Å². The van der Waals surface area contributed by atoms with Crippen molar-refractivity contribution in [1.82, 2.24) is 4.90 Å². The lowest BCUT2D eigenvalue weighted by atomic mass is 9.90. The Morgan fingerprint density at radius 1 is 1.27 bits per heavy atom. The van der Waals surface area contributed by atoms with Crippen molar-refractivity contribution in [2.75, 3.05) is 18.4 Å². The van der Waals surface area contributed by atoms with Gasteiger partial charge in [0.2, 0.25) is 0 Å². The first-order chi connectivity index (χ1) is 10.1. The van der Waals surface area contributed by atoms with E-state index in [0.717, 1.165) is 24.3 Å². The summed E-state index contributed by atoms with van der Waals surface area (Å²) < 4.78 is 37.3. The van der Waals surface area contributed by atoms with Crippen molar-refractivity contribution in [3.8, 4) is 0 Å². The smallest absolute Gasteiger partial charge is 0.416 e. The molecule has 0 aromatic heterocycles. The highest BCUT2D eigenvalue weighted by Crippen LogP contribution is 2.31. The van der Waals surface area contributed by atoms with Crippen LogP contribution < -0.4 is 5.32 Å². The van der Waals surface area contributed by atoms with Gasteiger partial charge in [-0.15, -0.1) is 0 Å². The predicted molar refractivity (Wildman–Crippen MR) is 72.4 cm³/mol. The third-order valence-electron chi connectivity index (χ3n) is 3.74. The molecular formula is C14H15F3N2O3. The van der Waals surface area contributed by atoms with Crippen LogP contribution in [0.25, 0.3) is 0 Å². The Kier molecular flexibility index (Phi) is 4.04. The zero-order chi connectivity index (χ0) is 16.5. The minimum atomic E-state index is -4.43. The summed E-state index contributed by atoms with van der Waals surface area (Å²) in [5.74, 6) is -0.975. The maximum Gasteiger partial charge on any atom is 0.416 e. The molecule has 2 N–H and O–H groups in total. The Morgan fingerprint density at radius 2 is 1.86 bits per heavy atom. The van der Waals surface area contributed by atoms with Crippen LogP contribution in [0.4, 0.5) is 23.7 Å². The summed E-state index contributed by atoms with van der Waals surface area (Å²) in [5.41, 5.74) is -1.57. The molecular weight excluding hydrogens is 301 g/mol. The number of benzene rings is 1. The Bertz CT molecular complexity index is 586. The van der Waals surface area contributed by atoms with Gasteiger partial charge in [-0.05, 0) is 37.6 Å². The third-order valence-corrected chi connectivity index (χ3v) is 3.74. The maximum atomic E-state index is 12.4. The number of hydrogen-bond acceptors (Lipinski definition) is 2. The number of anilines is 1. The molecule has 1 aliphatic rings. The second kappa shape index (κ2) is 5.51. The van der Waals surface area contributed by atoms with E-state index >= 15 is 0 Å². The number of carboxylic acids is 1. The normalized spacial score (nSPS) is 21.7. The van der Waals surface area contributed by atoms with Gasteiger partial charge in [0, 0.05) is 18.8 Å². The zero-order valence-corrected chi connectivity index (χ0v) is 11.8. The van der Waals surface area contributed by atoms with Crippen LogP contribution in [0, 0.1) is 5.41 Å². The van der Waals surface area contributed by atoms with Crippen molar-refractivity contribution in [3.05, 3.63) is 29.8 Å². The summed E-state index contributed by atoms with van der Waals surface area (Å²) in [6.07, 6.45) is -4.09. The van der Waals surface area contributed by atoms with E-state index in [0.29, 0.717) is 6.42 Å². The number of carbonyl (C=O) groups excluding carboxylic acids is 1. The fraction of sp³-hybridized carbons (Fsp3) is 0.429. The number of likely N-dealkylation sites (tertiary alicyclic amines) is 1. The molecule has 22 heavy (non-hydrogen) atoms. The Morgan fingerprint density at radius 3 is 2.32 bits per heavy atom. The summed E-state index contributed by atoms with van der Waals surface area (Å²) >= 11 is 0. The van der Waals surface area contributed by atoms with Gasteiger partial charge in [-0.1, -0.05) is 0 Å². The second-order valence-electron chi connectivity index (χ2n) is 5.54. The second-order valence-corrected chi connectivity index (χ2v) is 5.54. The molecule has 1 unspecified atom stereocenters. The number of carbonyl (C=O) groups is 2. The highest BCUT2D eigenvalue weighted by molar-refractivity contribution is 5.90. The first-order valence-corrected chi connectivity index (χ1v) is 6.58. The molecule has 1 atom stereocenters. The molecule has 2 rings (SSSR count). The summed E-state index contributed by atoms with van der Waals surface area (Å²) in [6, 6.07) is 3.55. The van der Waals surface area contributed by atoms with E-state index in [9.17, 15) is 22.8 Å². The number of rotatable bonds is 2. The van der Waals surface area contributed by atoms with E-state index in [1.165, 1.54) is 4.90 Å². The van der Waals surface area contributed by atoms with Crippen LogP contribution in [0.2, 0.25) is 0 Å². The van der Waals surface area contributed by atoms with Crippen LogP contribution >= 0.6 is 0 Å². The number of nitrogens with zero attached hydrogens (tertiary/aromatic N) is 1. The Hall–Kier alpha value is -2.25. The number of alkyl halides is 3. The number of hydrogen-bond donors (Lipinski definition) is 2. The fourth-order valence-electron chi connectivity index (χ4n) is 2.25. The molecule has 0 saturated carbocycles. The number of halogens is 3. The standard InChI is InChI=1S/C14H15F3N2O3/c1-13(11(20)21)6-7-19(8-13)12(22)18-10-4-2-9(3-5-10)14(15,16)17/h2-5H,6-8H2,1H3,(H,18,22)(H,20,21). The minimum absolute atomic E-state index is 0.0643. The van der Waals surface area contributed by atoms with E-state index in [1.54, 1.807) is 6.92 Å². The third kappa shape index (κ3) is 3.32. The lowest BCUT2D eigenvalue weighted by Crippen LogP contribution is -2.37. The summed E-state index contributed by atoms with van der Waals surface area (Å²) in [7, 11) is 0. The largest absolute Gasteiger partial charge is 0.481 e.